The van der Waals surface area contributed by atoms with Crippen LogP contribution in [0.3, 0.4) is 0 Å². The smallest absolute Gasteiger partial charge is 0.315 e. The molecule has 6 nitrogen and oxygen atoms in total. The normalized spacial score (nSPS) is 25.4. The third-order valence-corrected chi connectivity index (χ3v) is 7.38. The molecule has 1 unspecified atom stereocenters. The van der Waals surface area contributed by atoms with E-state index < -0.39 is 11.8 Å². The lowest BCUT2D eigenvalue weighted by atomic mass is 9.67. The fourth-order valence-corrected chi connectivity index (χ4v) is 5.74. The number of methoxy groups -OCH3 is 1. The number of ketones is 1. The molecule has 1 aromatic carbocycles. The van der Waals surface area contributed by atoms with Crippen LogP contribution in [-0.2, 0) is 14.3 Å². The SMILES string of the molecule is COc1cc([C@H]2C3=C(CC(C)(C)CC3=O)N=C(C)C2C(=O)OC2CCCC2)cc(Br)c1O. The van der Waals surface area contributed by atoms with Crippen LogP contribution in [0.4, 0.5) is 0 Å². The van der Waals surface area contributed by atoms with E-state index in [9.17, 15) is 14.7 Å². The number of benzene rings is 1. The van der Waals surface area contributed by atoms with Crippen molar-refractivity contribution < 1.29 is 24.2 Å². The standard InChI is InChI=1S/C25H30BrNO5/c1-13-20(24(30)32-15-7-5-6-8-15)21(14-9-16(26)23(29)19(10-14)31-4)22-17(27-13)11-25(2,3)12-18(22)28/h9-10,15,20-21,29H,5-8,11-12H2,1-4H3/t20?,21-/m1/s1. The van der Waals surface area contributed by atoms with Gasteiger partial charge in [-0.25, -0.2) is 0 Å². The molecule has 4 rings (SSSR count). The zero-order valence-electron chi connectivity index (χ0n) is 19.0. The molecule has 2 aliphatic carbocycles. The Bertz CT molecular complexity index is 1020. The van der Waals surface area contributed by atoms with Gasteiger partial charge in [0.15, 0.2) is 17.3 Å². The highest BCUT2D eigenvalue weighted by molar-refractivity contribution is 9.10. The number of halogens is 1. The van der Waals surface area contributed by atoms with E-state index in [4.69, 9.17) is 14.5 Å². The highest BCUT2D eigenvalue weighted by atomic mass is 79.9. The van der Waals surface area contributed by atoms with Gasteiger partial charge < -0.3 is 14.6 Å². The van der Waals surface area contributed by atoms with E-state index in [0.717, 1.165) is 36.9 Å². The number of carbonyl (C=O) groups excluding carboxylic acids is 2. The quantitative estimate of drug-likeness (QED) is 0.550. The van der Waals surface area contributed by atoms with Gasteiger partial charge in [0.1, 0.15) is 12.0 Å². The minimum Gasteiger partial charge on any atom is -0.503 e. The molecule has 1 N–H and O–H groups in total. The number of nitrogens with zero attached hydrogens (tertiary/aromatic N) is 1. The Kier molecular flexibility index (Phi) is 6.23. The molecule has 0 radical (unpaired) electrons. The van der Waals surface area contributed by atoms with E-state index in [2.05, 4.69) is 29.8 Å². The van der Waals surface area contributed by atoms with Crippen molar-refractivity contribution in [2.24, 2.45) is 16.3 Å². The molecule has 1 aliphatic heterocycles. The molecule has 1 fully saturated rings. The largest absolute Gasteiger partial charge is 0.503 e. The number of aromatic hydroxyl groups is 1. The fraction of sp³-hybridized carbons (Fsp3) is 0.560. The number of phenolic OH excluding ortho intramolecular Hbond substituents is 1. The van der Waals surface area contributed by atoms with Gasteiger partial charge in [-0.3, -0.25) is 14.6 Å². The van der Waals surface area contributed by atoms with Crippen LogP contribution < -0.4 is 4.74 Å². The molecule has 2 atom stereocenters. The number of allylic oxidation sites excluding steroid dienone is 2. The Balaban J connectivity index is 1.84. The highest BCUT2D eigenvalue weighted by Crippen LogP contribution is 2.50. The second-order valence-electron chi connectivity index (χ2n) is 9.91. The van der Waals surface area contributed by atoms with Gasteiger partial charge in [-0.15, -0.1) is 0 Å². The molecule has 7 heteroatoms. The Morgan fingerprint density at radius 2 is 1.91 bits per heavy atom. The summed E-state index contributed by atoms with van der Waals surface area (Å²) in [6, 6.07) is 3.46. The molecule has 32 heavy (non-hydrogen) atoms. The van der Waals surface area contributed by atoms with Gasteiger partial charge in [-0.1, -0.05) is 13.8 Å². The number of Topliss-reactive ketones (excluding diaryl/α,β-unsaturated/α-hetero) is 1. The van der Waals surface area contributed by atoms with Gasteiger partial charge in [0, 0.05) is 29.3 Å². The van der Waals surface area contributed by atoms with Crippen LogP contribution in [0.25, 0.3) is 0 Å². The summed E-state index contributed by atoms with van der Waals surface area (Å²) in [5.74, 6) is -1.29. The van der Waals surface area contributed by atoms with Gasteiger partial charge in [0.25, 0.3) is 0 Å². The predicted octanol–water partition coefficient (Wildman–Crippen LogP) is 5.47. The molecule has 0 amide bonds. The number of hydrogen-bond donors (Lipinski definition) is 1. The molecule has 3 aliphatic rings. The molecule has 1 saturated carbocycles. The van der Waals surface area contributed by atoms with Crippen molar-refractivity contribution >= 4 is 33.4 Å². The second-order valence-corrected chi connectivity index (χ2v) is 10.8. The van der Waals surface area contributed by atoms with Gasteiger partial charge in [0.2, 0.25) is 0 Å². The fourth-order valence-electron chi connectivity index (χ4n) is 5.28. The average molecular weight is 504 g/mol. The van der Waals surface area contributed by atoms with E-state index in [1.807, 2.05) is 6.92 Å². The third-order valence-electron chi connectivity index (χ3n) is 6.77. The maximum atomic E-state index is 13.4. The molecule has 1 heterocycles. The van der Waals surface area contributed by atoms with Crippen LogP contribution in [0, 0.1) is 11.3 Å². The Labute approximate surface area is 197 Å². The molecular weight excluding hydrogens is 474 g/mol. The van der Waals surface area contributed by atoms with Crippen LogP contribution in [0.15, 0.2) is 32.9 Å². The number of ether oxygens (including phenoxy) is 2. The first-order valence-electron chi connectivity index (χ1n) is 11.2. The van der Waals surface area contributed by atoms with E-state index in [0.29, 0.717) is 28.6 Å². The van der Waals surface area contributed by atoms with Crippen LogP contribution >= 0.6 is 15.9 Å². The van der Waals surface area contributed by atoms with E-state index in [1.165, 1.54) is 7.11 Å². The van der Waals surface area contributed by atoms with Crippen LogP contribution in [0.1, 0.15) is 70.8 Å². The topological polar surface area (TPSA) is 85.2 Å². The van der Waals surface area contributed by atoms with Gasteiger partial charge >= 0.3 is 5.97 Å². The number of phenols is 1. The number of carbonyl (C=O) groups is 2. The van der Waals surface area contributed by atoms with E-state index in [-0.39, 0.29) is 34.8 Å². The zero-order valence-corrected chi connectivity index (χ0v) is 20.6. The molecule has 0 saturated heterocycles. The molecule has 1 aromatic rings. The maximum Gasteiger partial charge on any atom is 0.315 e. The van der Waals surface area contributed by atoms with Crippen molar-refractivity contribution in [3.8, 4) is 11.5 Å². The molecule has 0 bridgehead atoms. The summed E-state index contributed by atoms with van der Waals surface area (Å²) in [4.78, 5) is 31.6. The summed E-state index contributed by atoms with van der Waals surface area (Å²) in [5, 5.41) is 10.3. The lowest BCUT2D eigenvalue weighted by Gasteiger charge is -2.39. The number of esters is 1. The molecule has 0 spiro atoms. The number of aliphatic imine (C=N–C) groups is 1. The minimum atomic E-state index is -0.694. The summed E-state index contributed by atoms with van der Waals surface area (Å²) in [6.07, 6.45) is 4.86. The summed E-state index contributed by atoms with van der Waals surface area (Å²) in [7, 11) is 1.48. The average Bonchev–Trinajstić information content (AvgIpc) is 3.20. The summed E-state index contributed by atoms with van der Waals surface area (Å²) >= 11 is 3.39. The monoisotopic (exact) mass is 503 g/mol. The number of rotatable bonds is 4. The van der Waals surface area contributed by atoms with Crippen molar-refractivity contribution in [2.75, 3.05) is 7.11 Å². The Hall–Kier alpha value is -2.15. The summed E-state index contributed by atoms with van der Waals surface area (Å²) in [6.45, 7) is 5.97. The van der Waals surface area contributed by atoms with Crippen molar-refractivity contribution in [3.63, 3.8) is 0 Å². The molecule has 0 aromatic heterocycles. The Morgan fingerprint density at radius 1 is 1.22 bits per heavy atom. The van der Waals surface area contributed by atoms with E-state index >= 15 is 0 Å². The first kappa shape index (κ1) is 23.0. The minimum absolute atomic E-state index is 0.0133. The zero-order chi connectivity index (χ0) is 23.2. The van der Waals surface area contributed by atoms with Crippen LogP contribution in [-0.4, -0.2) is 35.8 Å². The summed E-state index contributed by atoms with van der Waals surface area (Å²) in [5.41, 5.74) is 2.53. The molecular formula is C25H30BrNO5. The molecule has 172 valence electrons. The van der Waals surface area contributed by atoms with E-state index in [1.54, 1.807) is 12.1 Å². The van der Waals surface area contributed by atoms with Gasteiger partial charge in [-0.2, -0.15) is 0 Å². The second kappa shape index (κ2) is 8.65. The predicted molar refractivity (Wildman–Crippen MR) is 125 cm³/mol. The lowest BCUT2D eigenvalue weighted by Crippen LogP contribution is -2.40. The van der Waals surface area contributed by atoms with Gasteiger partial charge in [0.05, 0.1) is 11.6 Å². The van der Waals surface area contributed by atoms with Crippen molar-refractivity contribution in [1.82, 2.24) is 0 Å². The summed E-state index contributed by atoms with van der Waals surface area (Å²) < 4.78 is 11.7. The third kappa shape index (κ3) is 4.24. The maximum absolute atomic E-state index is 13.4. The van der Waals surface area contributed by atoms with Crippen molar-refractivity contribution in [1.29, 1.82) is 0 Å². The van der Waals surface area contributed by atoms with Crippen LogP contribution in [0.2, 0.25) is 0 Å². The first-order chi connectivity index (χ1) is 15.1. The van der Waals surface area contributed by atoms with Crippen LogP contribution in [0.5, 0.6) is 11.5 Å². The Morgan fingerprint density at radius 3 is 2.56 bits per heavy atom. The van der Waals surface area contributed by atoms with Gasteiger partial charge in [-0.05, 0) is 78.1 Å². The number of hydrogen-bond acceptors (Lipinski definition) is 6. The highest BCUT2D eigenvalue weighted by Gasteiger charge is 2.46. The lowest BCUT2D eigenvalue weighted by molar-refractivity contribution is -0.151. The first-order valence-corrected chi connectivity index (χ1v) is 12.0. The van der Waals surface area contributed by atoms with Crippen molar-refractivity contribution in [3.05, 3.63) is 33.4 Å². The van der Waals surface area contributed by atoms with Crippen molar-refractivity contribution in [2.45, 2.75) is 71.3 Å².